The van der Waals surface area contributed by atoms with Crippen molar-refractivity contribution >= 4 is 21.6 Å². The van der Waals surface area contributed by atoms with Gasteiger partial charge in [-0.25, -0.2) is 8.42 Å². The molecule has 2 rings (SSSR count). The second-order valence-corrected chi connectivity index (χ2v) is 7.50. The van der Waals surface area contributed by atoms with Gasteiger partial charge in [0.25, 0.3) is 0 Å². The number of halogens is 1. The Kier molecular flexibility index (Phi) is 5.30. The van der Waals surface area contributed by atoms with E-state index in [1.165, 1.54) is 0 Å². The van der Waals surface area contributed by atoms with Gasteiger partial charge in [-0.05, 0) is 32.1 Å². The van der Waals surface area contributed by atoms with Gasteiger partial charge in [-0.15, -0.1) is 11.6 Å². The summed E-state index contributed by atoms with van der Waals surface area (Å²) in [6.07, 6.45) is 5.51. The van der Waals surface area contributed by atoms with E-state index in [0.29, 0.717) is 19.0 Å². The molecule has 0 aromatic heterocycles. The Bertz CT molecular complexity index is 352. The van der Waals surface area contributed by atoms with Crippen molar-refractivity contribution in [3.05, 3.63) is 0 Å². The maximum atomic E-state index is 12.4. The number of ether oxygens (including phenoxy) is 1. The van der Waals surface area contributed by atoms with Crippen molar-refractivity contribution in [1.82, 2.24) is 4.31 Å². The Morgan fingerprint density at radius 1 is 1.22 bits per heavy atom. The van der Waals surface area contributed by atoms with Crippen LogP contribution in [0, 0.1) is 0 Å². The van der Waals surface area contributed by atoms with Crippen molar-refractivity contribution in [3.63, 3.8) is 0 Å². The van der Waals surface area contributed by atoms with Crippen LogP contribution < -0.4 is 0 Å². The lowest BCUT2D eigenvalue weighted by molar-refractivity contribution is 0.125. The van der Waals surface area contributed by atoms with E-state index in [2.05, 4.69) is 0 Å². The highest BCUT2D eigenvalue weighted by atomic mass is 35.5. The number of rotatable bonds is 5. The summed E-state index contributed by atoms with van der Waals surface area (Å²) < 4.78 is 32.0. The van der Waals surface area contributed by atoms with Gasteiger partial charge in [-0.3, -0.25) is 0 Å². The summed E-state index contributed by atoms with van der Waals surface area (Å²) in [5.74, 6) is 0.669. The van der Waals surface area contributed by atoms with Gasteiger partial charge >= 0.3 is 0 Å². The van der Waals surface area contributed by atoms with E-state index >= 15 is 0 Å². The highest BCUT2D eigenvalue weighted by molar-refractivity contribution is 7.89. The summed E-state index contributed by atoms with van der Waals surface area (Å²) in [6, 6.07) is 0.0997. The normalized spacial score (nSPS) is 30.7. The molecule has 0 spiro atoms. The third kappa shape index (κ3) is 3.59. The summed E-state index contributed by atoms with van der Waals surface area (Å²) in [7, 11) is -3.19. The Labute approximate surface area is 115 Å². The van der Waals surface area contributed by atoms with Crippen LogP contribution in [0.5, 0.6) is 0 Å². The monoisotopic (exact) mass is 295 g/mol. The molecule has 0 N–H and O–H groups in total. The lowest BCUT2D eigenvalue weighted by Crippen LogP contribution is -2.46. The molecule has 0 aromatic carbocycles. The van der Waals surface area contributed by atoms with Crippen LogP contribution in [-0.2, 0) is 14.8 Å². The highest BCUT2D eigenvalue weighted by Crippen LogP contribution is 2.25. The van der Waals surface area contributed by atoms with E-state index in [1.807, 2.05) is 0 Å². The third-order valence-corrected chi connectivity index (χ3v) is 6.00. The van der Waals surface area contributed by atoms with Gasteiger partial charge in [0.2, 0.25) is 10.0 Å². The van der Waals surface area contributed by atoms with E-state index in [0.717, 1.165) is 38.5 Å². The average molecular weight is 296 g/mol. The average Bonchev–Trinajstić information content (AvgIpc) is 2.82. The smallest absolute Gasteiger partial charge is 0.216 e. The number of hydrogen-bond donors (Lipinski definition) is 0. The highest BCUT2D eigenvalue weighted by Gasteiger charge is 2.34. The lowest BCUT2D eigenvalue weighted by Gasteiger charge is -2.35. The van der Waals surface area contributed by atoms with Crippen LogP contribution >= 0.6 is 11.6 Å². The Hall–Kier alpha value is 0.160. The molecular formula is C12H22ClNO3S. The third-order valence-electron chi connectivity index (χ3n) is 3.79. The second kappa shape index (κ2) is 6.55. The molecular weight excluding hydrogens is 274 g/mol. The molecule has 2 heterocycles. The van der Waals surface area contributed by atoms with E-state index in [9.17, 15) is 8.42 Å². The first kappa shape index (κ1) is 14.6. The molecule has 6 heteroatoms. The van der Waals surface area contributed by atoms with Crippen molar-refractivity contribution in [1.29, 1.82) is 0 Å². The van der Waals surface area contributed by atoms with E-state index in [4.69, 9.17) is 16.3 Å². The molecule has 18 heavy (non-hydrogen) atoms. The van der Waals surface area contributed by atoms with E-state index in [-0.39, 0.29) is 17.9 Å². The minimum atomic E-state index is -3.19. The topological polar surface area (TPSA) is 46.6 Å². The summed E-state index contributed by atoms with van der Waals surface area (Å²) in [5.41, 5.74) is 0. The molecule has 0 aromatic rings. The molecule has 2 unspecified atom stereocenters. The Balaban J connectivity index is 2.01. The fourth-order valence-electron chi connectivity index (χ4n) is 2.86. The zero-order valence-corrected chi connectivity index (χ0v) is 12.3. The zero-order valence-electron chi connectivity index (χ0n) is 10.7. The molecule has 2 aliphatic rings. The molecule has 0 bridgehead atoms. The van der Waals surface area contributed by atoms with E-state index in [1.54, 1.807) is 4.31 Å². The van der Waals surface area contributed by atoms with Gasteiger partial charge < -0.3 is 4.74 Å². The number of nitrogens with zero attached hydrogens (tertiary/aromatic N) is 1. The van der Waals surface area contributed by atoms with Crippen LogP contribution in [0.2, 0.25) is 0 Å². The van der Waals surface area contributed by atoms with Gasteiger partial charge in [0.1, 0.15) is 0 Å². The fourth-order valence-corrected chi connectivity index (χ4v) is 5.11. The molecule has 4 nitrogen and oxygen atoms in total. The SMILES string of the molecule is O=S(=O)(CC1CCCO1)N1CCCCC1CCCl. The second-order valence-electron chi connectivity index (χ2n) is 5.15. The van der Waals surface area contributed by atoms with Gasteiger partial charge in [0.15, 0.2) is 0 Å². The van der Waals surface area contributed by atoms with Gasteiger partial charge in [-0.1, -0.05) is 6.42 Å². The van der Waals surface area contributed by atoms with Crippen molar-refractivity contribution in [2.45, 2.75) is 50.7 Å². The summed E-state index contributed by atoms with van der Waals surface area (Å²) >= 11 is 5.77. The molecule has 2 atom stereocenters. The maximum Gasteiger partial charge on any atom is 0.216 e. The van der Waals surface area contributed by atoms with Crippen LogP contribution in [-0.4, -0.2) is 49.7 Å². The molecule has 106 valence electrons. The molecule has 0 radical (unpaired) electrons. The van der Waals surface area contributed by atoms with Crippen molar-refractivity contribution < 1.29 is 13.2 Å². The molecule has 2 saturated heterocycles. The largest absolute Gasteiger partial charge is 0.377 e. The number of alkyl halides is 1. The van der Waals surface area contributed by atoms with Crippen LogP contribution in [0.1, 0.15) is 38.5 Å². The predicted molar refractivity (Wildman–Crippen MR) is 72.4 cm³/mol. The van der Waals surface area contributed by atoms with Crippen LogP contribution in [0.25, 0.3) is 0 Å². The van der Waals surface area contributed by atoms with Crippen molar-refractivity contribution in [2.24, 2.45) is 0 Å². The predicted octanol–water partition coefficient (Wildman–Crippen LogP) is 1.98. The van der Waals surface area contributed by atoms with Gasteiger partial charge in [0, 0.05) is 25.1 Å². The van der Waals surface area contributed by atoms with Crippen LogP contribution in [0.3, 0.4) is 0 Å². The quantitative estimate of drug-likeness (QED) is 0.729. The standard InChI is InChI=1S/C12H22ClNO3S/c13-7-6-11-4-1-2-8-14(11)18(15,16)10-12-5-3-9-17-12/h11-12H,1-10H2. The van der Waals surface area contributed by atoms with Crippen molar-refractivity contribution in [2.75, 3.05) is 24.8 Å². The van der Waals surface area contributed by atoms with Crippen LogP contribution in [0.15, 0.2) is 0 Å². The first-order valence-electron chi connectivity index (χ1n) is 6.80. The fraction of sp³-hybridized carbons (Fsp3) is 1.00. The minimum Gasteiger partial charge on any atom is -0.377 e. The molecule has 0 aliphatic carbocycles. The maximum absolute atomic E-state index is 12.4. The molecule has 0 amide bonds. The lowest BCUT2D eigenvalue weighted by atomic mass is 10.0. The Morgan fingerprint density at radius 3 is 2.72 bits per heavy atom. The molecule has 2 aliphatic heterocycles. The molecule has 2 fully saturated rings. The Morgan fingerprint density at radius 2 is 2.06 bits per heavy atom. The first-order chi connectivity index (χ1) is 8.63. The minimum absolute atomic E-state index is 0.0997. The van der Waals surface area contributed by atoms with Gasteiger partial charge in [0.05, 0.1) is 11.9 Å². The van der Waals surface area contributed by atoms with Crippen LogP contribution in [0.4, 0.5) is 0 Å². The van der Waals surface area contributed by atoms with Gasteiger partial charge in [-0.2, -0.15) is 4.31 Å². The number of hydrogen-bond acceptors (Lipinski definition) is 3. The summed E-state index contributed by atoms with van der Waals surface area (Å²) in [6.45, 7) is 1.35. The zero-order chi connectivity index (χ0) is 13.0. The van der Waals surface area contributed by atoms with Crippen molar-refractivity contribution in [3.8, 4) is 0 Å². The number of sulfonamides is 1. The number of piperidine rings is 1. The summed E-state index contributed by atoms with van der Waals surface area (Å²) in [5, 5.41) is 0. The van der Waals surface area contributed by atoms with E-state index < -0.39 is 10.0 Å². The first-order valence-corrected chi connectivity index (χ1v) is 8.95. The molecule has 0 saturated carbocycles. The summed E-state index contributed by atoms with van der Waals surface area (Å²) in [4.78, 5) is 0.